The Kier molecular flexibility index (Phi) is 6.72. The molecule has 1 aliphatic heterocycles. The van der Waals surface area contributed by atoms with E-state index in [9.17, 15) is 13.6 Å². The first-order valence-corrected chi connectivity index (χ1v) is 10.4. The molecule has 27 heavy (non-hydrogen) atoms. The van der Waals surface area contributed by atoms with Crippen LogP contribution in [0.4, 0.5) is 8.78 Å². The number of hydrogen-bond acceptors (Lipinski definition) is 3. The van der Waals surface area contributed by atoms with Gasteiger partial charge in [0.25, 0.3) is 0 Å². The Labute approximate surface area is 160 Å². The van der Waals surface area contributed by atoms with Crippen LogP contribution in [0.5, 0.6) is 5.75 Å². The molecule has 0 bridgehead atoms. The molecule has 0 N–H and O–H groups in total. The molecule has 2 atom stereocenters. The van der Waals surface area contributed by atoms with Crippen LogP contribution < -0.4 is 4.74 Å². The zero-order valence-electron chi connectivity index (χ0n) is 16.3. The van der Waals surface area contributed by atoms with Gasteiger partial charge in [-0.1, -0.05) is 38.7 Å². The smallest absolute Gasteiger partial charge is 0.313 e. The SMILES string of the molecule is CCCC1CCC([C@H]2CC[C@H](c3ccc(OCC)c(F)c3F)C(=O)O2)CC1. The molecule has 0 spiro atoms. The standard InChI is InChI=1S/C22H30F2O3/c1-3-5-14-6-8-15(9-7-14)18-12-11-17(22(25)27-18)16-10-13-19(26-4-2)21(24)20(16)23/h10,13-15,17-18H,3-9,11-12H2,1-2H3/t14?,15?,17-,18-/m1/s1. The molecule has 0 aromatic heterocycles. The Balaban J connectivity index is 1.63. The number of halogens is 2. The third-order valence-corrected chi connectivity index (χ3v) is 6.16. The summed E-state index contributed by atoms with van der Waals surface area (Å²) >= 11 is 0. The number of ether oxygens (including phenoxy) is 2. The van der Waals surface area contributed by atoms with Crippen LogP contribution in [0.25, 0.3) is 0 Å². The van der Waals surface area contributed by atoms with Crippen LogP contribution >= 0.6 is 0 Å². The van der Waals surface area contributed by atoms with E-state index < -0.39 is 23.5 Å². The maximum atomic E-state index is 14.4. The lowest BCUT2D eigenvalue weighted by molar-refractivity contribution is -0.160. The summed E-state index contributed by atoms with van der Waals surface area (Å²) in [5, 5.41) is 0. The molecule has 3 nitrogen and oxygen atoms in total. The van der Waals surface area contributed by atoms with E-state index >= 15 is 0 Å². The average molecular weight is 380 g/mol. The molecule has 0 amide bonds. The van der Waals surface area contributed by atoms with Crippen LogP contribution in [0.3, 0.4) is 0 Å². The highest BCUT2D eigenvalue weighted by Gasteiger charge is 2.38. The van der Waals surface area contributed by atoms with E-state index in [1.54, 1.807) is 6.92 Å². The van der Waals surface area contributed by atoms with Crippen molar-refractivity contribution in [1.29, 1.82) is 0 Å². The van der Waals surface area contributed by atoms with Gasteiger partial charge < -0.3 is 9.47 Å². The third-order valence-electron chi connectivity index (χ3n) is 6.16. The van der Waals surface area contributed by atoms with Crippen LogP contribution in [0.1, 0.15) is 76.7 Å². The average Bonchev–Trinajstić information content (AvgIpc) is 2.67. The highest BCUT2D eigenvalue weighted by molar-refractivity contribution is 5.79. The molecule has 5 heteroatoms. The molecular formula is C22H30F2O3. The van der Waals surface area contributed by atoms with E-state index in [4.69, 9.17) is 9.47 Å². The van der Waals surface area contributed by atoms with E-state index in [1.807, 2.05) is 0 Å². The Morgan fingerprint density at radius 3 is 2.41 bits per heavy atom. The lowest BCUT2D eigenvalue weighted by atomic mass is 9.75. The Bertz CT molecular complexity index is 653. The number of hydrogen-bond donors (Lipinski definition) is 0. The van der Waals surface area contributed by atoms with Gasteiger partial charge in [-0.15, -0.1) is 0 Å². The molecular weight excluding hydrogens is 350 g/mol. The molecule has 2 aliphatic rings. The summed E-state index contributed by atoms with van der Waals surface area (Å²) in [5.74, 6) is -2.10. The fraction of sp³-hybridized carbons (Fsp3) is 0.682. The van der Waals surface area contributed by atoms with E-state index in [0.29, 0.717) is 18.8 Å². The van der Waals surface area contributed by atoms with Crippen molar-refractivity contribution in [2.24, 2.45) is 11.8 Å². The molecule has 0 unspecified atom stereocenters. The van der Waals surface area contributed by atoms with Crippen molar-refractivity contribution in [2.75, 3.05) is 6.61 Å². The van der Waals surface area contributed by atoms with Crippen molar-refractivity contribution in [3.05, 3.63) is 29.3 Å². The first kappa shape index (κ1) is 20.1. The van der Waals surface area contributed by atoms with Gasteiger partial charge in [0.15, 0.2) is 11.6 Å². The number of carbonyl (C=O) groups excluding carboxylic acids is 1. The van der Waals surface area contributed by atoms with Crippen LogP contribution in [-0.4, -0.2) is 18.7 Å². The molecule has 2 fully saturated rings. The van der Waals surface area contributed by atoms with Gasteiger partial charge in [0, 0.05) is 5.56 Å². The molecule has 1 heterocycles. The summed E-state index contributed by atoms with van der Waals surface area (Å²) in [6.45, 7) is 4.18. The zero-order valence-corrected chi connectivity index (χ0v) is 16.3. The van der Waals surface area contributed by atoms with E-state index in [-0.39, 0.29) is 24.0 Å². The molecule has 150 valence electrons. The van der Waals surface area contributed by atoms with Crippen molar-refractivity contribution in [3.63, 3.8) is 0 Å². The minimum atomic E-state index is -1.03. The maximum Gasteiger partial charge on any atom is 0.313 e. The predicted octanol–water partition coefficient (Wildman–Crippen LogP) is 5.76. The largest absolute Gasteiger partial charge is 0.491 e. The van der Waals surface area contributed by atoms with Crippen molar-refractivity contribution in [3.8, 4) is 5.75 Å². The first-order chi connectivity index (χ1) is 13.0. The van der Waals surface area contributed by atoms with Gasteiger partial charge in [0.05, 0.1) is 12.5 Å². The first-order valence-electron chi connectivity index (χ1n) is 10.4. The molecule has 0 radical (unpaired) electrons. The summed E-state index contributed by atoms with van der Waals surface area (Å²) < 4.78 is 39.4. The van der Waals surface area contributed by atoms with Crippen molar-refractivity contribution in [2.45, 2.75) is 77.2 Å². The fourth-order valence-electron chi connectivity index (χ4n) is 4.69. The molecule has 1 saturated heterocycles. The monoisotopic (exact) mass is 380 g/mol. The quantitative estimate of drug-likeness (QED) is 0.589. The van der Waals surface area contributed by atoms with E-state index in [0.717, 1.165) is 18.8 Å². The summed E-state index contributed by atoms with van der Waals surface area (Å²) in [4.78, 5) is 12.5. The van der Waals surface area contributed by atoms with E-state index in [1.165, 1.54) is 37.8 Å². The fourth-order valence-corrected chi connectivity index (χ4v) is 4.69. The predicted molar refractivity (Wildman–Crippen MR) is 99.7 cm³/mol. The normalized spacial score (nSPS) is 28.7. The van der Waals surface area contributed by atoms with Gasteiger partial charge in [-0.2, -0.15) is 4.39 Å². The van der Waals surface area contributed by atoms with Gasteiger partial charge in [-0.3, -0.25) is 4.79 Å². The number of rotatable bonds is 6. The molecule has 3 rings (SSSR count). The second kappa shape index (κ2) is 9.03. The van der Waals surface area contributed by atoms with Gasteiger partial charge >= 0.3 is 5.97 Å². The highest BCUT2D eigenvalue weighted by Crippen LogP contribution is 2.40. The van der Waals surface area contributed by atoms with E-state index in [2.05, 4.69) is 6.92 Å². The van der Waals surface area contributed by atoms with Crippen molar-refractivity contribution in [1.82, 2.24) is 0 Å². The van der Waals surface area contributed by atoms with Crippen LogP contribution in [0.2, 0.25) is 0 Å². The third kappa shape index (κ3) is 4.44. The summed E-state index contributed by atoms with van der Waals surface area (Å²) in [6.07, 6.45) is 8.24. The minimum Gasteiger partial charge on any atom is -0.491 e. The summed E-state index contributed by atoms with van der Waals surface area (Å²) in [7, 11) is 0. The van der Waals surface area contributed by atoms with Gasteiger partial charge in [-0.05, 0) is 50.5 Å². The van der Waals surface area contributed by atoms with Crippen molar-refractivity contribution >= 4 is 5.97 Å². The lowest BCUT2D eigenvalue weighted by Gasteiger charge is -2.37. The van der Waals surface area contributed by atoms with Gasteiger partial charge in [0.2, 0.25) is 5.82 Å². The summed E-state index contributed by atoms with van der Waals surface area (Å²) in [5.41, 5.74) is 0.0751. The molecule has 1 aromatic rings. The van der Waals surface area contributed by atoms with Gasteiger partial charge in [0.1, 0.15) is 6.10 Å². The number of esters is 1. The Morgan fingerprint density at radius 1 is 1.04 bits per heavy atom. The molecule has 1 saturated carbocycles. The second-order valence-electron chi connectivity index (χ2n) is 7.89. The number of cyclic esters (lactones) is 1. The summed E-state index contributed by atoms with van der Waals surface area (Å²) in [6, 6.07) is 2.84. The van der Waals surface area contributed by atoms with Crippen LogP contribution in [0, 0.1) is 23.5 Å². The maximum absolute atomic E-state index is 14.4. The minimum absolute atomic E-state index is 0.0751. The zero-order chi connectivity index (χ0) is 19.4. The van der Waals surface area contributed by atoms with Crippen molar-refractivity contribution < 1.29 is 23.0 Å². The second-order valence-corrected chi connectivity index (χ2v) is 7.89. The number of carbonyl (C=O) groups is 1. The van der Waals surface area contributed by atoms with Crippen LogP contribution in [-0.2, 0) is 9.53 Å². The van der Waals surface area contributed by atoms with Crippen LogP contribution in [0.15, 0.2) is 12.1 Å². The Morgan fingerprint density at radius 2 is 1.78 bits per heavy atom. The molecule has 1 aromatic carbocycles. The van der Waals surface area contributed by atoms with Gasteiger partial charge in [-0.25, -0.2) is 4.39 Å². The molecule has 1 aliphatic carbocycles. The number of benzene rings is 1. The highest BCUT2D eigenvalue weighted by atomic mass is 19.2. The topological polar surface area (TPSA) is 35.5 Å². The lowest BCUT2D eigenvalue weighted by Crippen LogP contribution is -2.36. The Hall–Kier alpha value is -1.65.